The first-order valence-electron chi connectivity index (χ1n) is 5.66. The number of hydrogen-bond donors (Lipinski definition) is 1. The Morgan fingerprint density at radius 1 is 1.59 bits per heavy atom. The van der Waals surface area contributed by atoms with Crippen LogP contribution < -0.4 is 5.73 Å². The van der Waals surface area contributed by atoms with E-state index in [1.54, 1.807) is 10.9 Å². The summed E-state index contributed by atoms with van der Waals surface area (Å²) < 4.78 is 6.99. The van der Waals surface area contributed by atoms with Crippen LogP contribution in [0.2, 0.25) is 0 Å². The second kappa shape index (κ2) is 4.87. The number of aromatic nitrogens is 2. The van der Waals surface area contributed by atoms with Crippen LogP contribution in [0.1, 0.15) is 32.0 Å². The molecule has 0 fully saturated rings. The normalized spacial score (nSPS) is 13.5. The van der Waals surface area contributed by atoms with Crippen molar-refractivity contribution in [3.63, 3.8) is 0 Å². The van der Waals surface area contributed by atoms with Crippen molar-refractivity contribution in [3.05, 3.63) is 17.5 Å². The van der Waals surface area contributed by atoms with Gasteiger partial charge in [-0.15, -0.1) is 0 Å². The molecule has 0 unspecified atom stereocenters. The summed E-state index contributed by atoms with van der Waals surface area (Å²) in [6, 6.07) is -0.642. The standard InChI is InChI=1S/C12H21N3O2/c1-8-9(7-14-15(8)5)6-10(13)11(16)17-12(2,3)4/h7,10H,6,13H2,1-5H3/t10-/m1/s1. The lowest BCUT2D eigenvalue weighted by Crippen LogP contribution is -2.38. The lowest BCUT2D eigenvalue weighted by atomic mass is 10.1. The molecule has 0 saturated carbocycles. The van der Waals surface area contributed by atoms with Crippen molar-refractivity contribution >= 4 is 5.97 Å². The molecule has 0 aliphatic heterocycles. The zero-order valence-corrected chi connectivity index (χ0v) is 11.2. The maximum atomic E-state index is 11.7. The maximum Gasteiger partial charge on any atom is 0.323 e. The van der Waals surface area contributed by atoms with Crippen LogP contribution in [0.4, 0.5) is 0 Å². The fourth-order valence-electron chi connectivity index (χ4n) is 1.44. The molecule has 0 aromatic carbocycles. The Hall–Kier alpha value is -1.36. The molecule has 1 aromatic heterocycles. The molecule has 0 amide bonds. The number of nitrogens with two attached hydrogens (primary N) is 1. The van der Waals surface area contributed by atoms with E-state index in [2.05, 4.69) is 5.10 Å². The average molecular weight is 239 g/mol. The molecule has 0 bridgehead atoms. The van der Waals surface area contributed by atoms with Gasteiger partial charge in [-0.2, -0.15) is 5.10 Å². The number of ether oxygens (including phenoxy) is 1. The van der Waals surface area contributed by atoms with Crippen LogP contribution in [-0.4, -0.2) is 27.4 Å². The average Bonchev–Trinajstić information content (AvgIpc) is 2.47. The fourth-order valence-corrected chi connectivity index (χ4v) is 1.44. The van der Waals surface area contributed by atoms with Crippen molar-refractivity contribution in [3.8, 4) is 0 Å². The minimum absolute atomic E-state index is 0.374. The molecule has 5 nitrogen and oxygen atoms in total. The highest BCUT2D eigenvalue weighted by Gasteiger charge is 2.23. The van der Waals surface area contributed by atoms with Gasteiger partial charge in [0, 0.05) is 19.2 Å². The predicted molar refractivity (Wildman–Crippen MR) is 65.5 cm³/mol. The van der Waals surface area contributed by atoms with Crippen LogP contribution in [0.15, 0.2) is 6.20 Å². The third-order valence-electron chi connectivity index (χ3n) is 2.49. The van der Waals surface area contributed by atoms with E-state index in [9.17, 15) is 4.79 Å². The molecule has 17 heavy (non-hydrogen) atoms. The van der Waals surface area contributed by atoms with Gasteiger partial charge in [0.1, 0.15) is 11.6 Å². The summed E-state index contributed by atoms with van der Waals surface area (Å²) in [4.78, 5) is 11.7. The van der Waals surface area contributed by atoms with Gasteiger partial charge >= 0.3 is 5.97 Å². The number of rotatable bonds is 3. The molecule has 1 aromatic rings. The van der Waals surface area contributed by atoms with Crippen molar-refractivity contribution in [2.45, 2.75) is 45.8 Å². The number of carbonyl (C=O) groups excluding carboxylic acids is 1. The van der Waals surface area contributed by atoms with Gasteiger partial charge in [-0.05, 0) is 33.3 Å². The summed E-state index contributed by atoms with van der Waals surface area (Å²) >= 11 is 0. The van der Waals surface area contributed by atoms with E-state index in [0.717, 1.165) is 11.3 Å². The molecule has 0 saturated heterocycles. The van der Waals surface area contributed by atoms with Crippen LogP contribution in [0.5, 0.6) is 0 Å². The summed E-state index contributed by atoms with van der Waals surface area (Å²) in [6.45, 7) is 7.43. The Kier molecular flexibility index (Phi) is 3.93. The third kappa shape index (κ3) is 3.85. The summed E-state index contributed by atoms with van der Waals surface area (Å²) in [5.41, 5.74) is 7.32. The van der Waals surface area contributed by atoms with E-state index < -0.39 is 11.6 Å². The van der Waals surface area contributed by atoms with E-state index in [1.807, 2.05) is 34.7 Å². The first kappa shape index (κ1) is 13.7. The highest BCUT2D eigenvalue weighted by Crippen LogP contribution is 2.12. The summed E-state index contributed by atoms with van der Waals surface area (Å²) in [5, 5.41) is 4.11. The number of carbonyl (C=O) groups is 1. The van der Waals surface area contributed by atoms with Gasteiger partial charge in [0.05, 0.1) is 6.20 Å². The van der Waals surface area contributed by atoms with E-state index in [-0.39, 0.29) is 5.97 Å². The van der Waals surface area contributed by atoms with Crippen LogP contribution >= 0.6 is 0 Å². The molecule has 1 atom stereocenters. The molecule has 0 aliphatic carbocycles. The second-order valence-corrected chi connectivity index (χ2v) is 5.22. The Balaban J connectivity index is 2.63. The SMILES string of the molecule is Cc1c(C[C@@H](N)C(=O)OC(C)(C)C)cnn1C. The summed E-state index contributed by atoms with van der Waals surface area (Å²) in [5.74, 6) is -0.374. The highest BCUT2D eigenvalue weighted by molar-refractivity contribution is 5.76. The van der Waals surface area contributed by atoms with Crippen molar-refractivity contribution in [1.82, 2.24) is 9.78 Å². The smallest absolute Gasteiger partial charge is 0.323 e. The first-order chi connectivity index (χ1) is 7.70. The largest absolute Gasteiger partial charge is 0.459 e. The molecule has 2 N–H and O–H groups in total. The van der Waals surface area contributed by atoms with Crippen LogP contribution in [0.3, 0.4) is 0 Å². The zero-order valence-electron chi connectivity index (χ0n) is 11.2. The molecule has 1 rings (SSSR count). The first-order valence-corrected chi connectivity index (χ1v) is 5.66. The molecular weight excluding hydrogens is 218 g/mol. The van der Waals surface area contributed by atoms with E-state index >= 15 is 0 Å². The van der Waals surface area contributed by atoms with Crippen molar-refractivity contribution in [1.29, 1.82) is 0 Å². The van der Waals surface area contributed by atoms with Crippen LogP contribution in [0.25, 0.3) is 0 Å². The monoisotopic (exact) mass is 239 g/mol. The number of nitrogens with zero attached hydrogens (tertiary/aromatic N) is 2. The van der Waals surface area contributed by atoms with Gasteiger partial charge in [-0.25, -0.2) is 0 Å². The summed E-state index contributed by atoms with van der Waals surface area (Å²) in [6.07, 6.45) is 2.19. The molecule has 0 radical (unpaired) electrons. The minimum atomic E-state index is -0.642. The van der Waals surface area contributed by atoms with Gasteiger partial charge in [-0.3, -0.25) is 9.48 Å². The van der Waals surface area contributed by atoms with Gasteiger partial charge < -0.3 is 10.5 Å². The minimum Gasteiger partial charge on any atom is -0.459 e. The Bertz CT molecular complexity index is 404. The van der Waals surface area contributed by atoms with Gasteiger partial charge in [0.25, 0.3) is 0 Å². The van der Waals surface area contributed by atoms with E-state index in [4.69, 9.17) is 10.5 Å². The maximum absolute atomic E-state index is 11.7. The quantitative estimate of drug-likeness (QED) is 0.797. The van der Waals surface area contributed by atoms with Crippen LogP contribution in [-0.2, 0) is 23.0 Å². The Morgan fingerprint density at radius 2 is 2.18 bits per heavy atom. The van der Waals surface area contributed by atoms with Crippen molar-refractivity contribution in [2.75, 3.05) is 0 Å². The lowest BCUT2D eigenvalue weighted by Gasteiger charge is -2.22. The summed E-state index contributed by atoms with van der Waals surface area (Å²) in [7, 11) is 1.86. The van der Waals surface area contributed by atoms with Gasteiger partial charge in [-0.1, -0.05) is 0 Å². The van der Waals surface area contributed by atoms with Crippen molar-refractivity contribution < 1.29 is 9.53 Å². The number of aryl methyl sites for hydroxylation is 1. The second-order valence-electron chi connectivity index (χ2n) is 5.22. The molecule has 1 heterocycles. The topological polar surface area (TPSA) is 70.1 Å². The van der Waals surface area contributed by atoms with Crippen molar-refractivity contribution in [2.24, 2.45) is 12.8 Å². The number of esters is 1. The predicted octanol–water partition coefficient (Wildman–Crippen LogP) is 0.940. The van der Waals surface area contributed by atoms with Crippen LogP contribution in [0, 0.1) is 6.92 Å². The van der Waals surface area contributed by atoms with E-state index in [0.29, 0.717) is 6.42 Å². The Labute approximate surface area is 102 Å². The molecular formula is C12H21N3O2. The molecule has 0 aliphatic rings. The molecule has 96 valence electrons. The molecule has 5 heteroatoms. The lowest BCUT2D eigenvalue weighted by molar-refractivity contribution is -0.156. The number of hydrogen-bond acceptors (Lipinski definition) is 4. The zero-order chi connectivity index (χ0) is 13.2. The highest BCUT2D eigenvalue weighted by atomic mass is 16.6. The van der Waals surface area contributed by atoms with Gasteiger partial charge in [0.15, 0.2) is 0 Å². The third-order valence-corrected chi connectivity index (χ3v) is 2.49. The van der Waals surface area contributed by atoms with E-state index in [1.165, 1.54) is 0 Å². The molecule has 0 spiro atoms. The Morgan fingerprint density at radius 3 is 2.59 bits per heavy atom. The fraction of sp³-hybridized carbons (Fsp3) is 0.667. The van der Waals surface area contributed by atoms with Gasteiger partial charge in [0.2, 0.25) is 0 Å².